The lowest BCUT2D eigenvalue weighted by molar-refractivity contribution is 0.306. The lowest BCUT2D eigenvalue weighted by atomic mass is 10.2. The average molecular weight is 288 g/mol. The molecule has 1 aliphatic heterocycles. The van der Waals surface area contributed by atoms with Crippen molar-refractivity contribution in [2.75, 3.05) is 6.61 Å². The lowest BCUT2D eigenvalue weighted by Crippen LogP contribution is -2.04. The number of rotatable bonds is 1. The molecule has 6 nitrogen and oxygen atoms in total. The van der Waals surface area contributed by atoms with Crippen LogP contribution in [0.5, 0.6) is 5.75 Å². The standard InChI is InChI=1S/C13H10ClN5O/c14-11-5-10-8(6-17-11)13-18-9(12-15-1-2-16-12)7-19(13)3-4-20-10/h1-2,5-7H,3-4H2,(H,15,16). The lowest BCUT2D eigenvalue weighted by Gasteiger charge is -2.05. The van der Waals surface area contributed by atoms with Crippen molar-refractivity contribution in [2.24, 2.45) is 0 Å². The van der Waals surface area contributed by atoms with Gasteiger partial charge in [-0.3, -0.25) is 0 Å². The normalized spacial score (nSPS) is 13.2. The Hall–Kier alpha value is -2.34. The average Bonchev–Trinajstić information content (AvgIpc) is 3.06. The molecule has 0 unspecified atom stereocenters. The van der Waals surface area contributed by atoms with Crippen LogP contribution in [0.1, 0.15) is 0 Å². The second kappa shape index (κ2) is 4.35. The molecule has 0 saturated carbocycles. The van der Waals surface area contributed by atoms with Gasteiger partial charge in [-0.1, -0.05) is 11.6 Å². The summed E-state index contributed by atoms with van der Waals surface area (Å²) in [6.45, 7) is 1.28. The van der Waals surface area contributed by atoms with Crippen LogP contribution < -0.4 is 4.74 Å². The van der Waals surface area contributed by atoms with Gasteiger partial charge in [0.1, 0.15) is 29.0 Å². The molecule has 0 fully saturated rings. The summed E-state index contributed by atoms with van der Waals surface area (Å²) in [5.41, 5.74) is 1.64. The van der Waals surface area contributed by atoms with Crippen LogP contribution >= 0.6 is 11.6 Å². The van der Waals surface area contributed by atoms with Crippen molar-refractivity contribution in [1.82, 2.24) is 24.5 Å². The van der Waals surface area contributed by atoms with Gasteiger partial charge in [0.2, 0.25) is 0 Å². The van der Waals surface area contributed by atoms with Gasteiger partial charge in [-0.05, 0) is 0 Å². The van der Waals surface area contributed by atoms with Crippen molar-refractivity contribution in [2.45, 2.75) is 6.54 Å². The maximum absolute atomic E-state index is 5.91. The molecule has 1 N–H and O–H groups in total. The molecular formula is C13H10ClN5O. The molecule has 1 aliphatic rings. The first-order chi connectivity index (χ1) is 9.81. The van der Waals surface area contributed by atoms with Gasteiger partial charge in [0.15, 0.2) is 5.82 Å². The molecule has 4 heterocycles. The molecule has 3 aromatic heterocycles. The Kier molecular flexibility index (Phi) is 2.50. The van der Waals surface area contributed by atoms with Crippen molar-refractivity contribution in [3.8, 4) is 28.7 Å². The van der Waals surface area contributed by atoms with Gasteiger partial charge < -0.3 is 14.3 Å². The van der Waals surface area contributed by atoms with Gasteiger partial charge >= 0.3 is 0 Å². The number of hydrogen-bond acceptors (Lipinski definition) is 4. The van der Waals surface area contributed by atoms with E-state index in [1.54, 1.807) is 24.7 Å². The Morgan fingerprint density at radius 3 is 3.15 bits per heavy atom. The van der Waals surface area contributed by atoms with Crippen LogP contribution in [-0.4, -0.2) is 31.1 Å². The number of aromatic amines is 1. The van der Waals surface area contributed by atoms with Crippen molar-refractivity contribution in [3.63, 3.8) is 0 Å². The number of hydrogen-bond donors (Lipinski definition) is 1. The first-order valence-electron chi connectivity index (χ1n) is 6.17. The van der Waals surface area contributed by atoms with Crippen molar-refractivity contribution >= 4 is 11.6 Å². The van der Waals surface area contributed by atoms with E-state index in [4.69, 9.17) is 16.3 Å². The molecule has 4 rings (SSSR count). The summed E-state index contributed by atoms with van der Waals surface area (Å²) in [5.74, 6) is 2.27. The molecule has 0 spiro atoms. The molecule has 0 amide bonds. The first kappa shape index (κ1) is 11.5. The Balaban J connectivity index is 1.89. The highest BCUT2D eigenvalue weighted by molar-refractivity contribution is 6.29. The minimum Gasteiger partial charge on any atom is -0.491 e. The van der Waals surface area contributed by atoms with E-state index in [9.17, 15) is 0 Å². The fraction of sp³-hybridized carbons (Fsp3) is 0.154. The monoisotopic (exact) mass is 287 g/mol. The van der Waals surface area contributed by atoms with Gasteiger partial charge in [0, 0.05) is 30.9 Å². The number of fused-ring (bicyclic) bond motifs is 3. The van der Waals surface area contributed by atoms with Gasteiger partial charge in [-0.15, -0.1) is 0 Å². The van der Waals surface area contributed by atoms with E-state index >= 15 is 0 Å². The molecule has 3 aromatic rings. The van der Waals surface area contributed by atoms with Crippen molar-refractivity contribution in [3.05, 3.63) is 36.0 Å². The quantitative estimate of drug-likeness (QED) is 0.698. The summed E-state index contributed by atoms with van der Waals surface area (Å²) >= 11 is 5.91. The van der Waals surface area contributed by atoms with E-state index in [0.29, 0.717) is 17.5 Å². The maximum Gasteiger partial charge on any atom is 0.157 e. The van der Waals surface area contributed by atoms with E-state index in [0.717, 1.165) is 29.5 Å². The number of ether oxygens (including phenoxy) is 1. The molecule has 0 bridgehead atoms. The molecule has 0 radical (unpaired) electrons. The minimum atomic E-state index is 0.412. The predicted octanol–water partition coefficient (Wildman–Crippen LogP) is 2.38. The molecule has 20 heavy (non-hydrogen) atoms. The second-order valence-corrected chi connectivity index (χ2v) is 4.82. The van der Waals surface area contributed by atoms with E-state index in [1.807, 2.05) is 10.8 Å². The molecule has 0 atom stereocenters. The van der Waals surface area contributed by atoms with Crippen LogP contribution in [0.4, 0.5) is 0 Å². The third-order valence-corrected chi connectivity index (χ3v) is 3.39. The zero-order valence-corrected chi connectivity index (χ0v) is 11.1. The molecule has 0 saturated heterocycles. The van der Waals surface area contributed by atoms with Crippen LogP contribution in [0.2, 0.25) is 5.15 Å². The van der Waals surface area contributed by atoms with Gasteiger partial charge in [-0.25, -0.2) is 15.0 Å². The number of aromatic nitrogens is 5. The summed E-state index contributed by atoms with van der Waals surface area (Å²) in [6.07, 6.45) is 7.13. The van der Waals surface area contributed by atoms with Crippen LogP contribution in [0, 0.1) is 0 Å². The Morgan fingerprint density at radius 1 is 1.35 bits per heavy atom. The summed E-state index contributed by atoms with van der Waals surface area (Å²) in [4.78, 5) is 16.0. The van der Waals surface area contributed by atoms with Crippen LogP contribution in [0.25, 0.3) is 22.9 Å². The van der Waals surface area contributed by atoms with Gasteiger partial charge in [-0.2, -0.15) is 0 Å². The fourth-order valence-electron chi connectivity index (χ4n) is 2.28. The van der Waals surface area contributed by atoms with Crippen LogP contribution in [0.3, 0.4) is 0 Å². The summed E-state index contributed by atoms with van der Waals surface area (Å²) in [6, 6.07) is 1.72. The zero-order chi connectivity index (χ0) is 13.5. The first-order valence-corrected chi connectivity index (χ1v) is 6.55. The third-order valence-electron chi connectivity index (χ3n) is 3.18. The Bertz CT molecular complexity index is 765. The number of nitrogens with zero attached hydrogens (tertiary/aromatic N) is 4. The number of halogens is 1. The van der Waals surface area contributed by atoms with E-state index in [-0.39, 0.29) is 0 Å². The van der Waals surface area contributed by atoms with E-state index in [1.165, 1.54) is 0 Å². The summed E-state index contributed by atoms with van der Waals surface area (Å²) in [5, 5.41) is 0.412. The zero-order valence-electron chi connectivity index (χ0n) is 10.4. The molecule has 0 aliphatic carbocycles. The number of imidazole rings is 2. The van der Waals surface area contributed by atoms with Crippen molar-refractivity contribution in [1.29, 1.82) is 0 Å². The topological polar surface area (TPSA) is 68.6 Å². The molecule has 100 valence electrons. The fourth-order valence-corrected chi connectivity index (χ4v) is 2.42. The SMILES string of the molecule is Clc1cc2c(cn1)-c1nc(-c3ncc[nH]3)cn1CCO2. The van der Waals surface area contributed by atoms with Gasteiger partial charge in [0.05, 0.1) is 12.1 Å². The predicted molar refractivity (Wildman–Crippen MR) is 73.5 cm³/mol. The Morgan fingerprint density at radius 2 is 2.30 bits per heavy atom. The molecule has 0 aromatic carbocycles. The third kappa shape index (κ3) is 1.77. The summed E-state index contributed by atoms with van der Waals surface area (Å²) < 4.78 is 7.73. The largest absolute Gasteiger partial charge is 0.491 e. The smallest absolute Gasteiger partial charge is 0.157 e. The number of nitrogens with one attached hydrogen (secondary N) is 1. The number of H-pyrrole nitrogens is 1. The number of pyridine rings is 1. The molecular weight excluding hydrogens is 278 g/mol. The second-order valence-electron chi connectivity index (χ2n) is 4.43. The van der Waals surface area contributed by atoms with Crippen LogP contribution in [0.15, 0.2) is 30.9 Å². The minimum absolute atomic E-state index is 0.412. The maximum atomic E-state index is 5.91. The highest BCUT2D eigenvalue weighted by atomic mass is 35.5. The highest BCUT2D eigenvalue weighted by Crippen LogP contribution is 2.33. The van der Waals surface area contributed by atoms with Gasteiger partial charge in [0.25, 0.3) is 0 Å². The van der Waals surface area contributed by atoms with Crippen LogP contribution in [-0.2, 0) is 6.54 Å². The summed E-state index contributed by atoms with van der Waals surface area (Å²) in [7, 11) is 0. The van der Waals surface area contributed by atoms with E-state index in [2.05, 4.69) is 19.9 Å². The molecule has 7 heteroatoms. The highest BCUT2D eigenvalue weighted by Gasteiger charge is 2.20. The van der Waals surface area contributed by atoms with E-state index < -0.39 is 0 Å². The Labute approximate surface area is 119 Å². The van der Waals surface area contributed by atoms with Crippen molar-refractivity contribution < 1.29 is 4.74 Å².